The molecule has 0 amide bonds. The molecule has 6 heteroatoms. The predicted octanol–water partition coefficient (Wildman–Crippen LogP) is 6.54. The molecule has 0 spiro atoms. The van der Waals surface area contributed by atoms with Crippen molar-refractivity contribution in [2.75, 3.05) is 6.61 Å². The zero-order chi connectivity index (χ0) is 22.1. The molecule has 0 fully saturated rings. The third-order valence-corrected chi connectivity index (χ3v) is 6.41. The Kier molecular flexibility index (Phi) is 7.09. The number of Topliss-reactive ketones (excluding diaryl/α,β-unsaturated/α-hetero) is 1. The number of aliphatic imine (C=N–C) groups is 1. The number of hydrogen-bond acceptors (Lipinski definition) is 4. The summed E-state index contributed by atoms with van der Waals surface area (Å²) in [6.07, 6.45) is 3.97. The molecule has 1 aliphatic heterocycles. The molecule has 2 aliphatic rings. The highest BCUT2D eigenvalue weighted by Crippen LogP contribution is 2.49. The Labute approximate surface area is 188 Å². The van der Waals surface area contributed by atoms with Crippen molar-refractivity contribution in [3.05, 3.63) is 45.1 Å². The molecule has 30 heavy (non-hydrogen) atoms. The minimum Gasteiger partial charge on any atom is -0.465 e. The summed E-state index contributed by atoms with van der Waals surface area (Å²) in [5.74, 6) is -1.51. The zero-order valence-corrected chi connectivity index (χ0v) is 19.6. The molecule has 0 radical (unpaired) electrons. The van der Waals surface area contributed by atoms with Crippen LogP contribution in [0.4, 0.5) is 0 Å². The van der Waals surface area contributed by atoms with Crippen molar-refractivity contribution in [2.24, 2.45) is 16.3 Å². The monoisotopic (exact) mass is 449 g/mol. The Morgan fingerprint density at radius 1 is 1.23 bits per heavy atom. The van der Waals surface area contributed by atoms with Gasteiger partial charge in [-0.3, -0.25) is 14.6 Å². The zero-order valence-electron chi connectivity index (χ0n) is 18.1. The third-order valence-electron chi connectivity index (χ3n) is 5.85. The summed E-state index contributed by atoms with van der Waals surface area (Å²) in [5.41, 5.74) is 2.57. The number of halogens is 2. The van der Waals surface area contributed by atoms with Crippen LogP contribution in [0.25, 0.3) is 0 Å². The van der Waals surface area contributed by atoms with E-state index in [1.807, 2.05) is 13.0 Å². The molecular formula is C24H29Cl2NO3. The summed E-state index contributed by atoms with van der Waals surface area (Å²) in [4.78, 5) is 31.1. The van der Waals surface area contributed by atoms with Crippen molar-refractivity contribution >= 4 is 40.7 Å². The van der Waals surface area contributed by atoms with Gasteiger partial charge in [-0.15, -0.1) is 0 Å². The van der Waals surface area contributed by atoms with Crippen LogP contribution in [0.1, 0.15) is 71.3 Å². The second-order valence-corrected chi connectivity index (χ2v) is 9.89. The fourth-order valence-electron chi connectivity index (χ4n) is 4.45. The van der Waals surface area contributed by atoms with Gasteiger partial charge in [0.25, 0.3) is 0 Å². The average Bonchev–Trinajstić information content (AvgIpc) is 2.63. The Morgan fingerprint density at radius 3 is 2.63 bits per heavy atom. The van der Waals surface area contributed by atoms with E-state index >= 15 is 0 Å². The Morgan fingerprint density at radius 2 is 1.97 bits per heavy atom. The minimum absolute atomic E-state index is 0.0253. The number of carbonyl (C=O) groups excluding carboxylic acids is 2. The first-order chi connectivity index (χ1) is 14.1. The number of benzene rings is 1. The normalized spacial score (nSPS) is 23.1. The second kappa shape index (κ2) is 9.23. The Hall–Kier alpha value is -1.65. The molecule has 1 heterocycles. The average molecular weight is 450 g/mol. The van der Waals surface area contributed by atoms with Crippen LogP contribution < -0.4 is 0 Å². The van der Waals surface area contributed by atoms with Gasteiger partial charge in [0.2, 0.25) is 0 Å². The summed E-state index contributed by atoms with van der Waals surface area (Å²) in [5, 5.41) is 0.949. The topological polar surface area (TPSA) is 55.7 Å². The van der Waals surface area contributed by atoms with E-state index in [0.29, 0.717) is 46.3 Å². The first-order valence-corrected chi connectivity index (χ1v) is 11.3. The van der Waals surface area contributed by atoms with E-state index in [1.54, 1.807) is 12.1 Å². The minimum atomic E-state index is -0.672. The van der Waals surface area contributed by atoms with Crippen LogP contribution in [-0.2, 0) is 14.3 Å². The lowest BCUT2D eigenvalue weighted by Crippen LogP contribution is -2.39. The van der Waals surface area contributed by atoms with Gasteiger partial charge in [-0.2, -0.15) is 0 Å². The maximum Gasteiger partial charge on any atom is 0.315 e. The van der Waals surface area contributed by atoms with Crippen molar-refractivity contribution in [2.45, 2.75) is 65.7 Å². The fraction of sp³-hybridized carbons (Fsp3) is 0.542. The van der Waals surface area contributed by atoms with Crippen molar-refractivity contribution in [3.63, 3.8) is 0 Å². The number of ketones is 1. The van der Waals surface area contributed by atoms with Gasteiger partial charge in [-0.05, 0) is 42.9 Å². The molecule has 162 valence electrons. The quantitative estimate of drug-likeness (QED) is 0.365. The van der Waals surface area contributed by atoms with E-state index < -0.39 is 11.8 Å². The smallest absolute Gasteiger partial charge is 0.315 e. The maximum atomic E-state index is 13.2. The molecule has 4 nitrogen and oxygen atoms in total. The van der Waals surface area contributed by atoms with E-state index in [4.69, 9.17) is 32.9 Å². The highest BCUT2D eigenvalue weighted by Gasteiger charge is 2.46. The number of unbranched alkanes of at least 4 members (excludes halogenated alkanes) is 2. The van der Waals surface area contributed by atoms with E-state index in [-0.39, 0.29) is 17.2 Å². The number of esters is 1. The van der Waals surface area contributed by atoms with Crippen molar-refractivity contribution < 1.29 is 14.3 Å². The fourth-order valence-corrected chi connectivity index (χ4v) is 4.98. The summed E-state index contributed by atoms with van der Waals surface area (Å²) < 4.78 is 5.60. The molecule has 1 aromatic carbocycles. The molecule has 0 bridgehead atoms. The van der Waals surface area contributed by atoms with Crippen LogP contribution in [-0.4, -0.2) is 24.1 Å². The molecule has 0 saturated carbocycles. The van der Waals surface area contributed by atoms with Crippen LogP contribution in [0, 0.1) is 11.3 Å². The molecule has 1 aromatic rings. The van der Waals surface area contributed by atoms with Gasteiger partial charge in [-0.25, -0.2) is 0 Å². The highest BCUT2D eigenvalue weighted by molar-refractivity contribution is 6.35. The first-order valence-electron chi connectivity index (χ1n) is 10.6. The van der Waals surface area contributed by atoms with Crippen LogP contribution in [0.5, 0.6) is 0 Å². The highest BCUT2D eigenvalue weighted by atomic mass is 35.5. The maximum absolute atomic E-state index is 13.2. The van der Waals surface area contributed by atoms with Gasteiger partial charge in [0.05, 0.1) is 6.61 Å². The van der Waals surface area contributed by atoms with Crippen molar-refractivity contribution in [3.8, 4) is 0 Å². The van der Waals surface area contributed by atoms with Crippen LogP contribution >= 0.6 is 23.2 Å². The van der Waals surface area contributed by atoms with E-state index in [1.165, 1.54) is 0 Å². The van der Waals surface area contributed by atoms with Gasteiger partial charge in [-0.1, -0.05) is 62.9 Å². The largest absolute Gasteiger partial charge is 0.465 e. The standard InChI is InChI=1S/C24H29Cl2NO3/c1-5-6-7-10-30-23(29)20-14(2)27-18-12-24(3,4)13-19(28)22(18)21(20)16-9-8-15(25)11-17(16)26/h8-9,11,20-21H,5-7,10,12-13H2,1-4H3/t20?,21-/m1/s1. The summed E-state index contributed by atoms with van der Waals surface area (Å²) in [6.45, 7) is 8.44. The van der Waals surface area contributed by atoms with Gasteiger partial charge in [0.1, 0.15) is 5.92 Å². The lowest BCUT2D eigenvalue weighted by atomic mass is 9.67. The van der Waals surface area contributed by atoms with Gasteiger partial charge < -0.3 is 4.74 Å². The number of ether oxygens (including phenoxy) is 1. The van der Waals surface area contributed by atoms with Crippen LogP contribution in [0.3, 0.4) is 0 Å². The van der Waals surface area contributed by atoms with E-state index in [0.717, 1.165) is 25.0 Å². The van der Waals surface area contributed by atoms with Crippen molar-refractivity contribution in [1.82, 2.24) is 0 Å². The van der Waals surface area contributed by atoms with Crippen LogP contribution in [0.15, 0.2) is 34.5 Å². The Balaban J connectivity index is 2.06. The van der Waals surface area contributed by atoms with Gasteiger partial charge in [0.15, 0.2) is 5.78 Å². The lowest BCUT2D eigenvalue weighted by Gasteiger charge is -2.39. The SMILES string of the molecule is CCCCCOC(=O)C1C(C)=NC2=C(C(=O)CC(C)(C)C2)[C@@H]1c1ccc(Cl)cc1Cl. The summed E-state index contributed by atoms with van der Waals surface area (Å²) >= 11 is 12.7. The molecule has 0 N–H and O–H groups in total. The number of rotatable bonds is 6. The van der Waals surface area contributed by atoms with E-state index in [9.17, 15) is 9.59 Å². The third kappa shape index (κ3) is 4.81. The van der Waals surface area contributed by atoms with Gasteiger partial charge >= 0.3 is 5.97 Å². The summed E-state index contributed by atoms with van der Waals surface area (Å²) in [7, 11) is 0. The molecule has 0 aromatic heterocycles. The number of carbonyl (C=O) groups is 2. The predicted molar refractivity (Wildman–Crippen MR) is 121 cm³/mol. The second-order valence-electron chi connectivity index (χ2n) is 9.05. The molecule has 1 aliphatic carbocycles. The summed E-state index contributed by atoms with van der Waals surface area (Å²) in [6, 6.07) is 5.20. The number of allylic oxidation sites excluding steroid dienone is 2. The lowest BCUT2D eigenvalue weighted by molar-refractivity contribution is -0.146. The molecule has 3 rings (SSSR count). The molecule has 1 unspecified atom stereocenters. The van der Waals surface area contributed by atoms with Crippen molar-refractivity contribution in [1.29, 1.82) is 0 Å². The van der Waals surface area contributed by atoms with E-state index in [2.05, 4.69) is 20.8 Å². The molecule has 2 atom stereocenters. The van der Waals surface area contributed by atoms with Crippen LogP contribution in [0.2, 0.25) is 10.0 Å². The Bertz CT molecular complexity index is 917. The molecule has 0 saturated heterocycles. The number of hydrogen-bond donors (Lipinski definition) is 0. The number of nitrogens with zero attached hydrogens (tertiary/aromatic N) is 1. The first kappa shape index (κ1) is 23.0. The molecular weight excluding hydrogens is 421 g/mol. The van der Waals surface area contributed by atoms with Gasteiger partial charge in [0, 0.05) is 39.4 Å².